The van der Waals surface area contributed by atoms with E-state index >= 15 is 0 Å². The van der Waals surface area contributed by atoms with E-state index in [4.69, 9.17) is 0 Å². The summed E-state index contributed by atoms with van der Waals surface area (Å²) in [5.74, 6) is 3.46. The van der Waals surface area contributed by atoms with E-state index in [2.05, 4.69) is 6.92 Å². The lowest BCUT2D eigenvalue weighted by Crippen LogP contribution is -1.88. The van der Waals surface area contributed by atoms with E-state index in [1.54, 1.807) is 12.8 Å². The Kier molecular flexibility index (Phi) is 0.586. The third-order valence-corrected chi connectivity index (χ3v) is 2.70. The summed E-state index contributed by atoms with van der Waals surface area (Å²) in [6.45, 7) is 2.40. The third-order valence-electron chi connectivity index (χ3n) is 2.70. The lowest BCUT2D eigenvalue weighted by atomic mass is 10.1. The van der Waals surface area contributed by atoms with Crippen molar-refractivity contribution in [2.24, 2.45) is 17.8 Å². The monoisotopic (exact) mass is 96.1 g/mol. The summed E-state index contributed by atoms with van der Waals surface area (Å²) in [4.78, 5) is 0. The van der Waals surface area contributed by atoms with E-state index in [0.717, 1.165) is 5.92 Å². The van der Waals surface area contributed by atoms with E-state index in [0.29, 0.717) is 0 Å². The van der Waals surface area contributed by atoms with Gasteiger partial charge in [0.1, 0.15) is 0 Å². The molecule has 0 radical (unpaired) electrons. The van der Waals surface area contributed by atoms with Gasteiger partial charge in [0, 0.05) is 0 Å². The molecule has 7 heavy (non-hydrogen) atoms. The standard InChI is InChI=1S/C7H12/c1-5-2-3-6-4-7(5)6/h5-7H,2-4H2,1H3/t5-,6?,7+/m0/s1. The van der Waals surface area contributed by atoms with Crippen molar-refractivity contribution in [1.82, 2.24) is 0 Å². The summed E-state index contributed by atoms with van der Waals surface area (Å²) >= 11 is 0. The molecule has 1 unspecified atom stereocenters. The highest BCUT2D eigenvalue weighted by Crippen LogP contribution is 2.54. The normalized spacial score (nSPS) is 57.0. The maximum Gasteiger partial charge on any atom is -0.0357 e. The zero-order chi connectivity index (χ0) is 4.85. The molecule has 0 heteroatoms. The summed E-state index contributed by atoms with van der Waals surface area (Å²) in [5, 5.41) is 0. The molecule has 0 bridgehead atoms. The van der Waals surface area contributed by atoms with Crippen molar-refractivity contribution in [3.63, 3.8) is 0 Å². The Labute approximate surface area is 44.9 Å². The number of fused-ring (bicyclic) bond motifs is 1. The van der Waals surface area contributed by atoms with Crippen molar-refractivity contribution in [3.05, 3.63) is 0 Å². The average molecular weight is 96.2 g/mol. The van der Waals surface area contributed by atoms with Gasteiger partial charge in [0.15, 0.2) is 0 Å². The molecule has 2 rings (SSSR count). The first-order valence-electron chi connectivity index (χ1n) is 3.38. The first kappa shape index (κ1) is 3.94. The van der Waals surface area contributed by atoms with Crippen molar-refractivity contribution < 1.29 is 0 Å². The van der Waals surface area contributed by atoms with Gasteiger partial charge in [0.05, 0.1) is 0 Å². The van der Waals surface area contributed by atoms with Crippen LogP contribution in [0.3, 0.4) is 0 Å². The SMILES string of the molecule is C[C@H]1CCC2C[C@@H]21. The molecule has 2 fully saturated rings. The highest BCUT2D eigenvalue weighted by molar-refractivity contribution is 4.95. The fourth-order valence-corrected chi connectivity index (χ4v) is 1.99. The lowest BCUT2D eigenvalue weighted by molar-refractivity contribution is 0.530. The third kappa shape index (κ3) is 0.427. The van der Waals surface area contributed by atoms with Gasteiger partial charge in [0.2, 0.25) is 0 Å². The summed E-state index contributed by atoms with van der Waals surface area (Å²) in [5.41, 5.74) is 0. The largest absolute Gasteiger partial charge is 0.0622 e. The van der Waals surface area contributed by atoms with Crippen LogP contribution in [-0.2, 0) is 0 Å². The van der Waals surface area contributed by atoms with Crippen molar-refractivity contribution in [3.8, 4) is 0 Å². The fraction of sp³-hybridized carbons (Fsp3) is 1.00. The van der Waals surface area contributed by atoms with E-state index < -0.39 is 0 Å². The first-order chi connectivity index (χ1) is 3.38. The summed E-state index contributed by atoms with van der Waals surface area (Å²) in [6.07, 6.45) is 4.64. The minimum Gasteiger partial charge on any atom is -0.0622 e. The molecule has 0 aromatic heterocycles. The quantitative estimate of drug-likeness (QED) is 0.433. The van der Waals surface area contributed by atoms with Gasteiger partial charge in [-0.3, -0.25) is 0 Å². The van der Waals surface area contributed by atoms with E-state index in [1.165, 1.54) is 18.3 Å². The molecule has 0 nitrogen and oxygen atoms in total. The van der Waals surface area contributed by atoms with Crippen LogP contribution < -0.4 is 0 Å². The second-order valence-electron chi connectivity index (χ2n) is 3.21. The Morgan fingerprint density at radius 2 is 2.14 bits per heavy atom. The molecule has 0 heterocycles. The van der Waals surface area contributed by atoms with Crippen LogP contribution >= 0.6 is 0 Å². The van der Waals surface area contributed by atoms with Gasteiger partial charge in [-0.05, 0) is 30.6 Å². The van der Waals surface area contributed by atoms with E-state index in [-0.39, 0.29) is 0 Å². The zero-order valence-electron chi connectivity index (χ0n) is 4.85. The van der Waals surface area contributed by atoms with Gasteiger partial charge in [-0.1, -0.05) is 13.3 Å². The Morgan fingerprint density at radius 3 is 2.29 bits per heavy atom. The molecule has 2 aliphatic rings. The molecule has 0 N–H and O–H groups in total. The van der Waals surface area contributed by atoms with E-state index in [9.17, 15) is 0 Å². The summed E-state index contributed by atoms with van der Waals surface area (Å²) < 4.78 is 0. The molecule has 40 valence electrons. The highest BCUT2D eigenvalue weighted by Gasteiger charge is 2.45. The molecular formula is C7H12. The Hall–Kier alpha value is 0. The predicted octanol–water partition coefficient (Wildman–Crippen LogP) is 2.05. The van der Waals surface area contributed by atoms with Crippen molar-refractivity contribution >= 4 is 0 Å². The molecule has 0 aromatic rings. The maximum absolute atomic E-state index is 2.40. The Bertz CT molecular complexity index is 86.0. The van der Waals surface area contributed by atoms with E-state index in [1.807, 2.05) is 0 Å². The molecule has 2 aliphatic carbocycles. The van der Waals surface area contributed by atoms with Crippen LogP contribution in [0.2, 0.25) is 0 Å². The van der Waals surface area contributed by atoms with Crippen molar-refractivity contribution in [2.45, 2.75) is 26.2 Å². The average Bonchev–Trinajstić information content (AvgIpc) is 2.33. The molecule has 0 amide bonds. The topological polar surface area (TPSA) is 0 Å². The second-order valence-corrected chi connectivity index (χ2v) is 3.21. The van der Waals surface area contributed by atoms with Crippen LogP contribution in [-0.4, -0.2) is 0 Å². The van der Waals surface area contributed by atoms with Crippen LogP contribution in [0, 0.1) is 17.8 Å². The van der Waals surface area contributed by atoms with Gasteiger partial charge in [-0.2, -0.15) is 0 Å². The van der Waals surface area contributed by atoms with Crippen molar-refractivity contribution in [1.29, 1.82) is 0 Å². The summed E-state index contributed by atoms with van der Waals surface area (Å²) in [7, 11) is 0. The number of hydrogen-bond donors (Lipinski definition) is 0. The van der Waals surface area contributed by atoms with Gasteiger partial charge >= 0.3 is 0 Å². The molecule has 0 aliphatic heterocycles. The molecule has 0 aromatic carbocycles. The van der Waals surface area contributed by atoms with Gasteiger partial charge < -0.3 is 0 Å². The number of hydrogen-bond acceptors (Lipinski definition) is 0. The van der Waals surface area contributed by atoms with Crippen LogP contribution in [0.5, 0.6) is 0 Å². The first-order valence-corrected chi connectivity index (χ1v) is 3.38. The number of rotatable bonds is 0. The minimum absolute atomic E-state index is 1.09. The molecule has 2 saturated carbocycles. The molecular weight excluding hydrogens is 84.1 g/mol. The highest BCUT2D eigenvalue weighted by atomic mass is 14.5. The second kappa shape index (κ2) is 1.04. The van der Waals surface area contributed by atoms with Gasteiger partial charge in [-0.15, -0.1) is 0 Å². The minimum atomic E-state index is 1.09. The predicted molar refractivity (Wildman–Crippen MR) is 30.0 cm³/mol. The molecule has 3 atom stereocenters. The van der Waals surface area contributed by atoms with Crippen LogP contribution in [0.15, 0.2) is 0 Å². The van der Waals surface area contributed by atoms with Crippen LogP contribution in [0.25, 0.3) is 0 Å². The van der Waals surface area contributed by atoms with Gasteiger partial charge in [0.25, 0.3) is 0 Å². The molecule has 0 saturated heterocycles. The smallest absolute Gasteiger partial charge is 0.0357 e. The Balaban J connectivity index is 2.08. The van der Waals surface area contributed by atoms with Crippen LogP contribution in [0.4, 0.5) is 0 Å². The lowest BCUT2D eigenvalue weighted by Gasteiger charge is -1.98. The maximum atomic E-state index is 2.40. The Morgan fingerprint density at radius 1 is 1.29 bits per heavy atom. The summed E-state index contributed by atoms with van der Waals surface area (Å²) in [6, 6.07) is 0. The van der Waals surface area contributed by atoms with Gasteiger partial charge in [-0.25, -0.2) is 0 Å². The fourth-order valence-electron chi connectivity index (χ4n) is 1.99. The zero-order valence-corrected chi connectivity index (χ0v) is 4.85. The van der Waals surface area contributed by atoms with Crippen LogP contribution in [0.1, 0.15) is 26.2 Å². The van der Waals surface area contributed by atoms with Crippen molar-refractivity contribution in [2.75, 3.05) is 0 Å². The molecule has 0 spiro atoms.